The highest BCUT2D eigenvalue weighted by molar-refractivity contribution is 6.31. The molecule has 2 aromatic heterocycles. The lowest BCUT2D eigenvalue weighted by atomic mass is 10.3. The molecule has 3 aromatic rings. The molecule has 0 radical (unpaired) electrons. The molecule has 0 atom stereocenters. The SMILES string of the molecule is O=c1oc2cc(Cl)ccc2n1Cc1ncc(C2CC2)o1. The van der Waals surface area contributed by atoms with E-state index in [9.17, 15) is 4.79 Å². The molecule has 1 fully saturated rings. The second-order valence-corrected chi connectivity index (χ2v) is 5.43. The fourth-order valence-corrected chi connectivity index (χ4v) is 2.44. The van der Waals surface area contributed by atoms with Crippen molar-refractivity contribution < 1.29 is 8.83 Å². The molecular formula is C14H11ClN2O3. The maximum Gasteiger partial charge on any atom is 0.420 e. The van der Waals surface area contributed by atoms with Gasteiger partial charge in [-0.25, -0.2) is 9.78 Å². The molecule has 0 amide bonds. The minimum Gasteiger partial charge on any atom is -0.443 e. The highest BCUT2D eigenvalue weighted by Crippen LogP contribution is 2.40. The van der Waals surface area contributed by atoms with Crippen LogP contribution in [-0.4, -0.2) is 9.55 Å². The molecule has 0 bridgehead atoms. The van der Waals surface area contributed by atoms with Crippen molar-refractivity contribution in [1.82, 2.24) is 9.55 Å². The number of aromatic nitrogens is 2. The molecule has 2 heterocycles. The van der Waals surface area contributed by atoms with Crippen molar-refractivity contribution in [2.75, 3.05) is 0 Å². The van der Waals surface area contributed by atoms with Gasteiger partial charge in [-0.1, -0.05) is 11.6 Å². The van der Waals surface area contributed by atoms with Crippen molar-refractivity contribution >= 4 is 22.7 Å². The van der Waals surface area contributed by atoms with Gasteiger partial charge in [0.25, 0.3) is 0 Å². The van der Waals surface area contributed by atoms with E-state index < -0.39 is 5.76 Å². The summed E-state index contributed by atoms with van der Waals surface area (Å²) in [4.78, 5) is 16.1. The fraction of sp³-hybridized carbons (Fsp3) is 0.286. The van der Waals surface area contributed by atoms with Crippen LogP contribution in [0.2, 0.25) is 5.02 Å². The second kappa shape index (κ2) is 4.24. The van der Waals surface area contributed by atoms with E-state index in [1.54, 1.807) is 24.4 Å². The number of oxazole rings is 2. The number of hydrogen-bond donors (Lipinski definition) is 0. The molecule has 102 valence electrons. The summed E-state index contributed by atoms with van der Waals surface area (Å²) in [7, 11) is 0. The Bertz CT molecular complexity index is 842. The van der Waals surface area contributed by atoms with E-state index in [4.69, 9.17) is 20.4 Å². The maximum absolute atomic E-state index is 11.9. The molecule has 6 heteroatoms. The zero-order valence-electron chi connectivity index (χ0n) is 10.5. The van der Waals surface area contributed by atoms with Gasteiger partial charge in [0.1, 0.15) is 12.3 Å². The Morgan fingerprint density at radius 1 is 1.35 bits per heavy atom. The molecule has 0 saturated heterocycles. The monoisotopic (exact) mass is 290 g/mol. The van der Waals surface area contributed by atoms with Gasteiger partial charge in [0, 0.05) is 17.0 Å². The summed E-state index contributed by atoms with van der Waals surface area (Å²) in [5, 5.41) is 0.533. The first-order valence-electron chi connectivity index (χ1n) is 6.44. The van der Waals surface area contributed by atoms with Crippen LogP contribution >= 0.6 is 11.6 Å². The molecule has 0 aliphatic heterocycles. The van der Waals surface area contributed by atoms with Crippen LogP contribution in [0, 0.1) is 0 Å². The van der Waals surface area contributed by atoms with E-state index in [2.05, 4.69) is 4.98 Å². The lowest BCUT2D eigenvalue weighted by Gasteiger charge is -1.98. The van der Waals surface area contributed by atoms with E-state index in [1.807, 2.05) is 0 Å². The van der Waals surface area contributed by atoms with Gasteiger partial charge in [-0.3, -0.25) is 4.57 Å². The molecule has 5 nitrogen and oxygen atoms in total. The Morgan fingerprint density at radius 2 is 2.20 bits per heavy atom. The van der Waals surface area contributed by atoms with Crippen LogP contribution in [0.1, 0.15) is 30.4 Å². The summed E-state index contributed by atoms with van der Waals surface area (Å²) in [5.74, 6) is 1.50. The van der Waals surface area contributed by atoms with Crippen LogP contribution in [0.3, 0.4) is 0 Å². The number of hydrogen-bond acceptors (Lipinski definition) is 4. The van der Waals surface area contributed by atoms with Crippen LogP contribution in [0.15, 0.2) is 38.0 Å². The summed E-state index contributed by atoms with van der Waals surface area (Å²) in [6.07, 6.45) is 4.06. The molecule has 0 unspecified atom stereocenters. The number of halogens is 1. The van der Waals surface area contributed by atoms with E-state index >= 15 is 0 Å². The first kappa shape index (κ1) is 11.8. The summed E-state index contributed by atoms with van der Waals surface area (Å²) in [6.45, 7) is 0.264. The fourth-order valence-electron chi connectivity index (χ4n) is 2.28. The molecular weight excluding hydrogens is 280 g/mol. The van der Waals surface area contributed by atoms with Crippen molar-refractivity contribution in [3.05, 3.63) is 51.6 Å². The average molecular weight is 291 g/mol. The predicted molar refractivity (Wildman–Crippen MR) is 73.1 cm³/mol. The third-order valence-electron chi connectivity index (χ3n) is 3.47. The summed E-state index contributed by atoms with van der Waals surface area (Å²) < 4.78 is 12.3. The highest BCUT2D eigenvalue weighted by atomic mass is 35.5. The Balaban J connectivity index is 1.73. The quantitative estimate of drug-likeness (QED) is 0.743. The number of rotatable bonds is 3. The molecule has 4 rings (SSSR count). The van der Waals surface area contributed by atoms with Gasteiger partial charge in [0.2, 0.25) is 5.89 Å². The zero-order valence-corrected chi connectivity index (χ0v) is 11.3. The topological polar surface area (TPSA) is 61.2 Å². The highest BCUT2D eigenvalue weighted by Gasteiger charge is 2.27. The molecule has 0 N–H and O–H groups in total. The average Bonchev–Trinajstić information content (AvgIpc) is 3.09. The Labute approximate surface area is 118 Å². The number of fused-ring (bicyclic) bond motifs is 1. The van der Waals surface area contributed by atoms with E-state index in [1.165, 1.54) is 4.57 Å². The van der Waals surface area contributed by atoms with Gasteiger partial charge in [0.15, 0.2) is 5.58 Å². The first-order chi connectivity index (χ1) is 9.70. The van der Waals surface area contributed by atoms with Gasteiger partial charge >= 0.3 is 5.76 Å². The van der Waals surface area contributed by atoms with Gasteiger partial charge in [-0.05, 0) is 25.0 Å². The molecule has 1 aliphatic rings. The van der Waals surface area contributed by atoms with Gasteiger partial charge in [-0.2, -0.15) is 0 Å². The summed E-state index contributed by atoms with van der Waals surface area (Å²) in [6, 6.07) is 5.10. The summed E-state index contributed by atoms with van der Waals surface area (Å²) in [5.41, 5.74) is 1.15. The minimum atomic E-state index is -0.437. The van der Waals surface area contributed by atoms with Crippen LogP contribution in [0.5, 0.6) is 0 Å². The van der Waals surface area contributed by atoms with Crippen LogP contribution < -0.4 is 5.76 Å². The Hall–Kier alpha value is -2.01. The van der Waals surface area contributed by atoms with Gasteiger partial charge < -0.3 is 8.83 Å². The molecule has 0 spiro atoms. The molecule has 1 aromatic carbocycles. The number of nitrogens with zero attached hydrogens (tertiary/aromatic N) is 2. The van der Waals surface area contributed by atoms with Crippen molar-refractivity contribution in [2.24, 2.45) is 0 Å². The standard InChI is InChI=1S/C14H11ClN2O3/c15-9-3-4-10-11(5-9)20-14(18)17(10)7-13-16-6-12(19-13)8-1-2-8/h3-6,8H,1-2,7H2. The third kappa shape index (κ3) is 1.94. The van der Waals surface area contributed by atoms with Crippen LogP contribution in [-0.2, 0) is 6.54 Å². The zero-order chi connectivity index (χ0) is 13.7. The smallest absolute Gasteiger partial charge is 0.420 e. The van der Waals surface area contributed by atoms with Gasteiger partial charge in [-0.15, -0.1) is 0 Å². The van der Waals surface area contributed by atoms with E-state index in [-0.39, 0.29) is 6.54 Å². The molecule has 1 aliphatic carbocycles. The Morgan fingerprint density at radius 3 is 3.00 bits per heavy atom. The lowest BCUT2D eigenvalue weighted by Crippen LogP contribution is -2.14. The van der Waals surface area contributed by atoms with Gasteiger partial charge in [0.05, 0.1) is 11.7 Å². The van der Waals surface area contributed by atoms with Crippen LogP contribution in [0.25, 0.3) is 11.1 Å². The first-order valence-corrected chi connectivity index (χ1v) is 6.82. The molecule has 1 saturated carbocycles. The van der Waals surface area contributed by atoms with Crippen molar-refractivity contribution in [2.45, 2.75) is 25.3 Å². The lowest BCUT2D eigenvalue weighted by molar-refractivity contribution is 0.431. The normalized spacial score (nSPS) is 15.1. The maximum atomic E-state index is 11.9. The number of benzene rings is 1. The van der Waals surface area contributed by atoms with E-state index in [0.29, 0.717) is 27.9 Å². The Kier molecular flexibility index (Phi) is 2.50. The van der Waals surface area contributed by atoms with Crippen molar-refractivity contribution in [3.8, 4) is 0 Å². The van der Waals surface area contributed by atoms with Crippen molar-refractivity contribution in [1.29, 1.82) is 0 Å². The van der Waals surface area contributed by atoms with Crippen LogP contribution in [0.4, 0.5) is 0 Å². The molecule has 20 heavy (non-hydrogen) atoms. The predicted octanol–water partition coefficient (Wildman–Crippen LogP) is 3.16. The summed E-state index contributed by atoms with van der Waals surface area (Å²) >= 11 is 5.88. The third-order valence-corrected chi connectivity index (χ3v) is 3.71. The largest absolute Gasteiger partial charge is 0.443 e. The second-order valence-electron chi connectivity index (χ2n) is 5.00. The van der Waals surface area contributed by atoms with Crippen molar-refractivity contribution in [3.63, 3.8) is 0 Å². The minimum absolute atomic E-state index is 0.264. The van der Waals surface area contributed by atoms with E-state index in [0.717, 1.165) is 18.6 Å².